The summed E-state index contributed by atoms with van der Waals surface area (Å²) in [5.41, 5.74) is 7.89. The van der Waals surface area contributed by atoms with E-state index in [1.165, 1.54) is 0 Å². The Morgan fingerprint density at radius 1 is 1.47 bits per heavy atom. The van der Waals surface area contributed by atoms with Crippen LogP contribution in [0.5, 0.6) is 0 Å². The van der Waals surface area contributed by atoms with Crippen LogP contribution in [0.2, 0.25) is 5.02 Å². The normalized spacial score (nSPS) is 10.2. The zero-order chi connectivity index (χ0) is 12.3. The summed E-state index contributed by atoms with van der Waals surface area (Å²) < 4.78 is 1.89. The summed E-state index contributed by atoms with van der Waals surface area (Å²) in [4.78, 5) is 4.08. The van der Waals surface area contributed by atoms with Crippen molar-refractivity contribution in [2.75, 3.05) is 6.54 Å². The van der Waals surface area contributed by atoms with Gasteiger partial charge >= 0.3 is 0 Å². The third-order valence-electron chi connectivity index (χ3n) is 2.45. The predicted molar refractivity (Wildman–Crippen MR) is 66.0 cm³/mol. The third-order valence-corrected chi connectivity index (χ3v) is 2.75. The summed E-state index contributed by atoms with van der Waals surface area (Å²) in [5.74, 6) is 0. The van der Waals surface area contributed by atoms with Gasteiger partial charge in [0.05, 0.1) is 28.7 Å². The smallest absolute Gasteiger partial charge is 0.0994 e. The maximum Gasteiger partial charge on any atom is 0.0994 e. The molecule has 2 rings (SSSR count). The molecule has 0 saturated heterocycles. The van der Waals surface area contributed by atoms with E-state index in [0.717, 1.165) is 17.8 Å². The Labute approximate surface area is 104 Å². The lowest BCUT2D eigenvalue weighted by atomic mass is 10.2. The Morgan fingerprint density at radius 2 is 2.29 bits per heavy atom. The van der Waals surface area contributed by atoms with Crippen LogP contribution in [-0.2, 0) is 6.42 Å². The lowest BCUT2D eigenvalue weighted by Crippen LogP contribution is -2.07. The summed E-state index contributed by atoms with van der Waals surface area (Å²) in [6, 6.07) is 7.23. The molecule has 2 N–H and O–H groups in total. The number of imidazole rings is 1. The van der Waals surface area contributed by atoms with Gasteiger partial charge in [-0.15, -0.1) is 0 Å². The Kier molecular flexibility index (Phi) is 3.43. The van der Waals surface area contributed by atoms with Crippen molar-refractivity contribution in [1.82, 2.24) is 9.55 Å². The second kappa shape index (κ2) is 5.00. The van der Waals surface area contributed by atoms with E-state index in [2.05, 4.69) is 11.1 Å². The molecule has 0 aliphatic rings. The summed E-state index contributed by atoms with van der Waals surface area (Å²) in [6.45, 7) is 0.555. The molecule has 2 aromatic rings. The van der Waals surface area contributed by atoms with E-state index in [0.29, 0.717) is 17.1 Å². The van der Waals surface area contributed by atoms with E-state index in [1.54, 1.807) is 24.7 Å². The van der Waals surface area contributed by atoms with Gasteiger partial charge in [0.25, 0.3) is 0 Å². The van der Waals surface area contributed by atoms with Crippen molar-refractivity contribution in [3.8, 4) is 11.8 Å². The SMILES string of the molecule is N#Cc1ccc(-n2cncc2CCN)c(Cl)c1. The Morgan fingerprint density at radius 3 is 2.94 bits per heavy atom. The van der Waals surface area contributed by atoms with Gasteiger partial charge in [0, 0.05) is 18.3 Å². The van der Waals surface area contributed by atoms with Crippen molar-refractivity contribution in [2.45, 2.75) is 6.42 Å². The number of rotatable bonds is 3. The van der Waals surface area contributed by atoms with Gasteiger partial charge in [-0.3, -0.25) is 0 Å². The standard InChI is InChI=1S/C12H11ClN4/c13-11-5-9(6-15)1-2-12(11)17-8-16-7-10(17)3-4-14/h1-2,5,7-8H,3-4,14H2. The number of aromatic nitrogens is 2. The second-order valence-corrected chi connectivity index (χ2v) is 3.98. The maximum atomic E-state index is 8.78. The molecule has 0 amide bonds. The molecule has 0 fully saturated rings. The number of benzene rings is 1. The summed E-state index contributed by atoms with van der Waals surface area (Å²) in [6.07, 6.45) is 4.19. The van der Waals surface area contributed by atoms with E-state index in [1.807, 2.05) is 10.6 Å². The number of nitrogens with two attached hydrogens (primary N) is 1. The lowest BCUT2D eigenvalue weighted by molar-refractivity contribution is 0.874. The van der Waals surface area contributed by atoms with E-state index in [-0.39, 0.29) is 0 Å². The van der Waals surface area contributed by atoms with Gasteiger partial charge in [-0.25, -0.2) is 4.98 Å². The molecule has 0 bridgehead atoms. The van der Waals surface area contributed by atoms with Crippen LogP contribution in [0.4, 0.5) is 0 Å². The monoisotopic (exact) mass is 246 g/mol. The predicted octanol–water partition coefficient (Wildman–Crippen LogP) is 1.90. The van der Waals surface area contributed by atoms with Crippen molar-refractivity contribution >= 4 is 11.6 Å². The molecule has 1 aromatic heterocycles. The number of hydrogen-bond acceptors (Lipinski definition) is 3. The molecule has 1 heterocycles. The largest absolute Gasteiger partial charge is 0.330 e. The average molecular weight is 247 g/mol. The molecular formula is C12H11ClN4. The molecule has 1 aromatic carbocycles. The van der Waals surface area contributed by atoms with E-state index in [9.17, 15) is 0 Å². The van der Waals surface area contributed by atoms with Crippen LogP contribution < -0.4 is 5.73 Å². The van der Waals surface area contributed by atoms with Gasteiger partial charge in [0.2, 0.25) is 0 Å². The molecule has 5 heteroatoms. The highest BCUT2D eigenvalue weighted by atomic mass is 35.5. The van der Waals surface area contributed by atoms with Crippen molar-refractivity contribution in [1.29, 1.82) is 5.26 Å². The zero-order valence-corrected chi connectivity index (χ0v) is 9.85. The number of halogens is 1. The van der Waals surface area contributed by atoms with Crippen molar-refractivity contribution in [3.63, 3.8) is 0 Å². The first kappa shape index (κ1) is 11.6. The van der Waals surface area contributed by atoms with Crippen LogP contribution in [0, 0.1) is 11.3 Å². The molecule has 0 spiro atoms. The minimum atomic E-state index is 0.528. The first-order valence-electron chi connectivity index (χ1n) is 5.17. The highest BCUT2D eigenvalue weighted by molar-refractivity contribution is 6.32. The van der Waals surface area contributed by atoms with Gasteiger partial charge in [-0.05, 0) is 24.7 Å². The fourth-order valence-corrected chi connectivity index (χ4v) is 1.92. The van der Waals surface area contributed by atoms with Gasteiger partial charge in [0.15, 0.2) is 0 Å². The van der Waals surface area contributed by atoms with Crippen molar-refractivity contribution < 1.29 is 0 Å². The highest BCUT2D eigenvalue weighted by Gasteiger charge is 2.08. The topological polar surface area (TPSA) is 67.6 Å². The quantitative estimate of drug-likeness (QED) is 0.899. The molecule has 0 saturated carbocycles. The van der Waals surface area contributed by atoms with Crippen LogP contribution >= 0.6 is 11.6 Å². The third kappa shape index (κ3) is 2.31. The van der Waals surface area contributed by atoms with Gasteiger partial charge in [0.1, 0.15) is 0 Å². The molecule has 0 aliphatic carbocycles. The van der Waals surface area contributed by atoms with E-state index < -0.39 is 0 Å². The zero-order valence-electron chi connectivity index (χ0n) is 9.10. The highest BCUT2D eigenvalue weighted by Crippen LogP contribution is 2.23. The van der Waals surface area contributed by atoms with Crippen LogP contribution in [0.25, 0.3) is 5.69 Å². The molecule has 17 heavy (non-hydrogen) atoms. The Bertz CT molecular complexity index is 568. The molecule has 0 radical (unpaired) electrons. The van der Waals surface area contributed by atoms with Gasteiger partial charge in [-0.2, -0.15) is 5.26 Å². The Hall–Kier alpha value is -1.83. The van der Waals surface area contributed by atoms with Crippen LogP contribution in [0.1, 0.15) is 11.3 Å². The van der Waals surface area contributed by atoms with Crippen molar-refractivity contribution in [3.05, 3.63) is 47.0 Å². The van der Waals surface area contributed by atoms with Gasteiger partial charge in [-0.1, -0.05) is 11.6 Å². The lowest BCUT2D eigenvalue weighted by Gasteiger charge is -2.09. The molecule has 4 nitrogen and oxygen atoms in total. The fourth-order valence-electron chi connectivity index (χ4n) is 1.64. The first-order valence-corrected chi connectivity index (χ1v) is 5.55. The maximum absolute atomic E-state index is 8.78. The van der Waals surface area contributed by atoms with Crippen molar-refractivity contribution in [2.24, 2.45) is 5.73 Å². The molecule has 0 aliphatic heterocycles. The number of nitrogens with zero attached hydrogens (tertiary/aromatic N) is 3. The van der Waals surface area contributed by atoms with Crippen LogP contribution in [-0.4, -0.2) is 16.1 Å². The van der Waals surface area contributed by atoms with Gasteiger partial charge < -0.3 is 10.3 Å². The van der Waals surface area contributed by atoms with E-state index in [4.69, 9.17) is 22.6 Å². The average Bonchev–Trinajstić information content (AvgIpc) is 2.77. The molecule has 0 atom stereocenters. The number of nitriles is 1. The second-order valence-electron chi connectivity index (χ2n) is 3.57. The molecule has 0 unspecified atom stereocenters. The minimum absolute atomic E-state index is 0.528. The molecular weight excluding hydrogens is 236 g/mol. The van der Waals surface area contributed by atoms with Crippen LogP contribution in [0.3, 0.4) is 0 Å². The number of hydrogen-bond donors (Lipinski definition) is 1. The summed E-state index contributed by atoms with van der Waals surface area (Å²) >= 11 is 6.14. The van der Waals surface area contributed by atoms with Crippen LogP contribution in [0.15, 0.2) is 30.7 Å². The summed E-state index contributed by atoms with van der Waals surface area (Å²) in [5, 5.41) is 9.31. The minimum Gasteiger partial charge on any atom is -0.330 e. The summed E-state index contributed by atoms with van der Waals surface area (Å²) in [7, 11) is 0. The fraction of sp³-hybridized carbons (Fsp3) is 0.167. The Balaban J connectivity index is 2.46. The first-order chi connectivity index (χ1) is 8.26. The van der Waals surface area contributed by atoms with E-state index >= 15 is 0 Å². The molecule has 86 valence electrons.